The minimum Gasteiger partial charge on any atom is -0.368 e. The van der Waals surface area contributed by atoms with Crippen LogP contribution in [0.25, 0.3) is 11.3 Å². The van der Waals surface area contributed by atoms with Gasteiger partial charge in [0, 0.05) is 30.2 Å². The Labute approximate surface area is 187 Å². The smallest absolute Gasteiger partial charge is 0.214 e. The summed E-state index contributed by atoms with van der Waals surface area (Å²) in [5.74, 6) is 0.668. The zero-order valence-electron chi connectivity index (χ0n) is 18.2. The number of nitrogens with zero attached hydrogens (tertiary/aromatic N) is 4. The molecule has 1 amide bonds. The second-order valence-corrected chi connectivity index (χ2v) is 7.61. The fraction of sp³-hybridized carbons (Fsp3) is 0.200. The van der Waals surface area contributed by atoms with Gasteiger partial charge >= 0.3 is 0 Å². The van der Waals surface area contributed by atoms with Crippen molar-refractivity contribution in [2.45, 2.75) is 26.8 Å². The van der Waals surface area contributed by atoms with Gasteiger partial charge in [0.1, 0.15) is 0 Å². The second kappa shape index (κ2) is 9.87. The van der Waals surface area contributed by atoms with Crippen molar-refractivity contribution >= 4 is 17.9 Å². The number of amides is 1. The highest BCUT2D eigenvalue weighted by molar-refractivity contribution is 5.83. The van der Waals surface area contributed by atoms with Crippen LogP contribution in [-0.4, -0.2) is 33.1 Å². The number of aromatic amines is 1. The predicted octanol–water partition coefficient (Wildman–Crippen LogP) is 4.30. The molecule has 0 aliphatic carbocycles. The summed E-state index contributed by atoms with van der Waals surface area (Å²) in [6.45, 7) is 5.11. The third-order valence-corrected chi connectivity index (χ3v) is 5.40. The summed E-state index contributed by atoms with van der Waals surface area (Å²) in [5.41, 5.74) is 6.81. The van der Waals surface area contributed by atoms with Crippen molar-refractivity contribution in [3.63, 3.8) is 0 Å². The first-order valence-electron chi connectivity index (χ1n) is 10.6. The highest BCUT2D eigenvalue weighted by Crippen LogP contribution is 2.29. The molecule has 0 saturated carbocycles. The number of aryl methyl sites for hydroxylation is 2. The van der Waals surface area contributed by atoms with E-state index in [4.69, 9.17) is 4.98 Å². The molecule has 4 aromatic rings. The lowest BCUT2D eigenvalue weighted by Crippen LogP contribution is -2.23. The van der Waals surface area contributed by atoms with Crippen LogP contribution >= 0.6 is 0 Å². The number of hydrogen-bond donors (Lipinski definition) is 2. The molecule has 0 saturated heterocycles. The van der Waals surface area contributed by atoms with E-state index in [1.54, 1.807) is 17.3 Å². The molecule has 162 valence electrons. The monoisotopic (exact) mass is 426 g/mol. The van der Waals surface area contributed by atoms with E-state index in [2.05, 4.69) is 20.5 Å². The molecule has 0 unspecified atom stereocenters. The lowest BCUT2D eigenvalue weighted by atomic mass is 10.1. The molecule has 0 aliphatic rings. The van der Waals surface area contributed by atoms with Gasteiger partial charge in [-0.3, -0.25) is 14.9 Å². The van der Waals surface area contributed by atoms with Crippen LogP contribution in [-0.2, 0) is 17.8 Å². The number of hydrogen-bond acceptors (Lipinski definition) is 5. The highest BCUT2D eigenvalue weighted by atomic mass is 16.1. The van der Waals surface area contributed by atoms with E-state index in [9.17, 15) is 4.79 Å². The third-order valence-electron chi connectivity index (χ3n) is 5.40. The van der Waals surface area contributed by atoms with Gasteiger partial charge in [-0.2, -0.15) is 5.10 Å². The Balaban J connectivity index is 1.62. The number of pyridine rings is 2. The first-order chi connectivity index (χ1) is 15.7. The summed E-state index contributed by atoms with van der Waals surface area (Å²) in [6, 6.07) is 17.7. The molecule has 32 heavy (non-hydrogen) atoms. The molecule has 0 spiro atoms. The van der Waals surface area contributed by atoms with Gasteiger partial charge in [0.25, 0.3) is 0 Å². The van der Waals surface area contributed by atoms with Crippen molar-refractivity contribution in [2.24, 2.45) is 0 Å². The van der Waals surface area contributed by atoms with Crippen molar-refractivity contribution in [3.05, 3.63) is 89.5 Å². The molecule has 7 heteroatoms. The van der Waals surface area contributed by atoms with Crippen LogP contribution in [0.15, 0.2) is 67.0 Å². The maximum absolute atomic E-state index is 12.0. The summed E-state index contributed by atoms with van der Waals surface area (Å²) in [5, 5.41) is 10.7. The highest BCUT2D eigenvalue weighted by Gasteiger charge is 2.15. The number of carbonyl (C=O) groups excluding carboxylic acids is 1. The van der Waals surface area contributed by atoms with E-state index >= 15 is 0 Å². The third kappa shape index (κ3) is 4.83. The fourth-order valence-corrected chi connectivity index (χ4v) is 3.70. The average molecular weight is 427 g/mol. The molecular formula is C25H26N6O. The summed E-state index contributed by atoms with van der Waals surface area (Å²) in [4.78, 5) is 22.7. The molecule has 0 bridgehead atoms. The normalized spacial score (nSPS) is 10.7. The largest absolute Gasteiger partial charge is 0.368 e. The topological polar surface area (TPSA) is 86.8 Å². The maximum atomic E-state index is 12.0. The molecule has 0 fully saturated rings. The predicted molar refractivity (Wildman–Crippen MR) is 126 cm³/mol. The summed E-state index contributed by atoms with van der Waals surface area (Å²) in [6.07, 6.45) is 5.12. The van der Waals surface area contributed by atoms with Crippen molar-refractivity contribution in [3.8, 4) is 11.3 Å². The van der Waals surface area contributed by atoms with Gasteiger partial charge < -0.3 is 10.2 Å². The Bertz CT molecular complexity index is 1150. The van der Waals surface area contributed by atoms with Crippen LogP contribution in [0.3, 0.4) is 0 Å². The Kier molecular flexibility index (Phi) is 6.55. The Morgan fingerprint density at radius 2 is 1.91 bits per heavy atom. The molecule has 7 nitrogen and oxygen atoms in total. The van der Waals surface area contributed by atoms with Gasteiger partial charge in [-0.15, -0.1) is 0 Å². The summed E-state index contributed by atoms with van der Waals surface area (Å²) < 4.78 is 0. The second-order valence-electron chi connectivity index (χ2n) is 7.61. The first-order valence-corrected chi connectivity index (χ1v) is 10.6. The van der Waals surface area contributed by atoms with E-state index in [1.165, 1.54) is 5.56 Å². The van der Waals surface area contributed by atoms with Gasteiger partial charge in [-0.05, 0) is 49.6 Å². The Morgan fingerprint density at radius 3 is 2.59 bits per heavy atom. The molecule has 0 radical (unpaired) electrons. The van der Waals surface area contributed by atoms with E-state index in [0.717, 1.165) is 46.7 Å². The molecular weight excluding hydrogens is 400 g/mol. The zero-order chi connectivity index (χ0) is 22.3. The van der Waals surface area contributed by atoms with Gasteiger partial charge in [0.2, 0.25) is 6.41 Å². The minimum atomic E-state index is 0.415. The van der Waals surface area contributed by atoms with Gasteiger partial charge in [-0.1, -0.05) is 36.4 Å². The molecule has 2 N–H and O–H groups in total. The molecule has 4 rings (SSSR count). The van der Waals surface area contributed by atoms with Crippen LogP contribution in [0.4, 0.5) is 11.5 Å². The minimum absolute atomic E-state index is 0.415. The van der Waals surface area contributed by atoms with E-state index in [-0.39, 0.29) is 0 Å². The summed E-state index contributed by atoms with van der Waals surface area (Å²) >= 11 is 0. The molecule has 0 atom stereocenters. The Morgan fingerprint density at radius 1 is 1.06 bits per heavy atom. The Hall–Kier alpha value is -4.00. The van der Waals surface area contributed by atoms with E-state index in [1.807, 2.05) is 68.4 Å². The lowest BCUT2D eigenvalue weighted by molar-refractivity contribution is -0.107. The number of H-pyrrole nitrogens is 1. The van der Waals surface area contributed by atoms with Gasteiger partial charge in [-0.25, -0.2) is 4.98 Å². The zero-order valence-corrected chi connectivity index (χ0v) is 18.2. The fourth-order valence-electron chi connectivity index (χ4n) is 3.70. The number of anilines is 2. The summed E-state index contributed by atoms with van der Waals surface area (Å²) in [7, 11) is 0. The van der Waals surface area contributed by atoms with Crippen LogP contribution in [0.5, 0.6) is 0 Å². The first kappa shape index (κ1) is 21.2. The SMILES string of the molecule is Cc1n[nH]c(C)c1CCNc1nc(-c2ccccc2)ccc1N(C=O)Cc1cccnc1. The number of aromatic nitrogens is 4. The van der Waals surface area contributed by atoms with Crippen LogP contribution in [0, 0.1) is 13.8 Å². The van der Waals surface area contributed by atoms with Crippen molar-refractivity contribution < 1.29 is 4.79 Å². The quantitative estimate of drug-likeness (QED) is 0.390. The van der Waals surface area contributed by atoms with Crippen molar-refractivity contribution in [1.82, 2.24) is 20.2 Å². The van der Waals surface area contributed by atoms with Crippen LogP contribution in [0.2, 0.25) is 0 Å². The van der Waals surface area contributed by atoms with Crippen LogP contribution in [0.1, 0.15) is 22.5 Å². The standard InChI is InChI=1S/C25H26N6O/c1-18-22(19(2)30-29-18)12-14-27-25-24(31(17-32)16-20-7-6-13-26-15-20)11-10-23(28-25)21-8-4-3-5-9-21/h3-11,13,15,17H,12,14,16H2,1-2H3,(H,27,28)(H,29,30). The molecule has 0 aliphatic heterocycles. The average Bonchev–Trinajstić information content (AvgIpc) is 3.16. The van der Waals surface area contributed by atoms with Gasteiger partial charge in [0.15, 0.2) is 5.82 Å². The lowest BCUT2D eigenvalue weighted by Gasteiger charge is -2.21. The maximum Gasteiger partial charge on any atom is 0.214 e. The van der Waals surface area contributed by atoms with E-state index in [0.29, 0.717) is 18.9 Å². The van der Waals surface area contributed by atoms with Crippen LogP contribution < -0.4 is 10.2 Å². The van der Waals surface area contributed by atoms with Gasteiger partial charge in [0.05, 0.1) is 23.6 Å². The molecule has 3 heterocycles. The number of rotatable bonds is 9. The van der Waals surface area contributed by atoms with Crippen molar-refractivity contribution in [1.29, 1.82) is 0 Å². The number of benzene rings is 1. The van der Waals surface area contributed by atoms with Crippen molar-refractivity contribution in [2.75, 3.05) is 16.8 Å². The number of nitrogens with one attached hydrogen (secondary N) is 2. The number of carbonyl (C=O) groups is 1. The molecule has 1 aromatic carbocycles. The molecule has 3 aromatic heterocycles. The van der Waals surface area contributed by atoms with E-state index < -0.39 is 0 Å².